The lowest BCUT2D eigenvalue weighted by molar-refractivity contribution is -0.142. The highest BCUT2D eigenvalue weighted by atomic mass is 32.1. The van der Waals surface area contributed by atoms with Gasteiger partial charge < -0.3 is 15.4 Å². The van der Waals surface area contributed by atoms with E-state index in [2.05, 4.69) is 20.6 Å². The van der Waals surface area contributed by atoms with Crippen molar-refractivity contribution in [3.05, 3.63) is 11.4 Å². The molecule has 0 saturated carbocycles. The number of ether oxygens (including phenoxy) is 1. The Bertz CT molecular complexity index is 585. The Morgan fingerprint density at radius 1 is 1.35 bits per heavy atom. The molecule has 0 spiro atoms. The number of esters is 1. The number of carbonyl (C=O) groups is 1. The lowest BCUT2D eigenvalue weighted by atomic mass is 10.3. The molecule has 0 amide bonds. The van der Waals surface area contributed by atoms with Gasteiger partial charge in [-0.3, -0.25) is 4.79 Å². The van der Waals surface area contributed by atoms with Crippen molar-refractivity contribution in [2.24, 2.45) is 0 Å². The van der Waals surface area contributed by atoms with E-state index < -0.39 is 0 Å². The van der Waals surface area contributed by atoms with Crippen LogP contribution in [0.2, 0.25) is 0 Å². The van der Waals surface area contributed by atoms with Gasteiger partial charge in [0.25, 0.3) is 0 Å². The fraction of sp³-hybridized carbons (Fsp3) is 0.462. The molecule has 0 saturated heterocycles. The number of hydrogen-bond acceptors (Lipinski definition) is 7. The van der Waals surface area contributed by atoms with Gasteiger partial charge in [-0.05, 0) is 25.3 Å². The van der Waals surface area contributed by atoms with Crippen LogP contribution in [0, 0.1) is 0 Å². The molecule has 0 radical (unpaired) electrons. The molecule has 0 aliphatic rings. The number of carbonyl (C=O) groups excluding carboxylic acids is 1. The average molecular weight is 294 g/mol. The normalized spacial score (nSPS) is 10.5. The fourth-order valence-corrected chi connectivity index (χ4v) is 2.51. The molecule has 6 nitrogen and oxygen atoms in total. The summed E-state index contributed by atoms with van der Waals surface area (Å²) in [5.41, 5.74) is 0. The Morgan fingerprint density at radius 3 is 2.95 bits per heavy atom. The Morgan fingerprint density at radius 2 is 2.20 bits per heavy atom. The molecular formula is C13H18N4O2S. The number of fused-ring (bicyclic) bond motifs is 1. The van der Waals surface area contributed by atoms with Gasteiger partial charge >= 0.3 is 5.97 Å². The van der Waals surface area contributed by atoms with E-state index in [9.17, 15) is 4.79 Å². The second-order valence-corrected chi connectivity index (χ2v) is 4.94. The molecule has 0 unspecified atom stereocenters. The van der Waals surface area contributed by atoms with Crippen molar-refractivity contribution in [1.29, 1.82) is 0 Å². The van der Waals surface area contributed by atoms with Crippen LogP contribution in [-0.2, 0) is 9.53 Å². The van der Waals surface area contributed by atoms with E-state index in [1.807, 2.05) is 18.4 Å². The molecule has 2 aromatic heterocycles. The summed E-state index contributed by atoms with van der Waals surface area (Å²) in [4.78, 5) is 21.1. The van der Waals surface area contributed by atoms with Gasteiger partial charge in [0, 0.05) is 13.1 Å². The molecule has 7 heteroatoms. The topological polar surface area (TPSA) is 76.1 Å². The van der Waals surface area contributed by atoms with Gasteiger partial charge in [0.2, 0.25) is 5.95 Å². The van der Waals surface area contributed by atoms with Gasteiger partial charge in [-0.2, -0.15) is 4.98 Å². The molecule has 0 bridgehead atoms. The highest BCUT2D eigenvalue weighted by Crippen LogP contribution is 2.26. The number of hydrogen-bond donors (Lipinski definition) is 2. The summed E-state index contributed by atoms with van der Waals surface area (Å²) in [5, 5.41) is 9.23. The van der Waals surface area contributed by atoms with E-state index in [0.717, 1.165) is 22.6 Å². The van der Waals surface area contributed by atoms with Crippen molar-refractivity contribution in [2.45, 2.75) is 20.3 Å². The molecule has 0 aliphatic heterocycles. The van der Waals surface area contributed by atoms with Crippen molar-refractivity contribution < 1.29 is 9.53 Å². The number of aromatic nitrogens is 2. The third-order valence-electron chi connectivity index (χ3n) is 2.59. The van der Waals surface area contributed by atoms with Crippen molar-refractivity contribution in [1.82, 2.24) is 9.97 Å². The molecule has 2 rings (SSSR count). The van der Waals surface area contributed by atoms with Crippen molar-refractivity contribution in [3.63, 3.8) is 0 Å². The minimum Gasteiger partial charge on any atom is -0.466 e. The van der Waals surface area contributed by atoms with Crippen molar-refractivity contribution in [2.75, 3.05) is 30.3 Å². The molecule has 0 aromatic carbocycles. The van der Waals surface area contributed by atoms with Crippen LogP contribution in [0.1, 0.15) is 20.3 Å². The number of nitrogens with one attached hydrogen (secondary N) is 2. The van der Waals surface area contributed by atoms with E-state index in [1.54, 1.807) is 18.3 Å². The van der Waals surface area contributed by atoms with Crippen LogP contribution in [-0.4, -0.2) is 35.6 Å². The van der Waals surface area contributed by atoms with Crippen LogP contribution < -0.4 is 10.6 Å². The number of rotatable bonds is 7. The summed E-state index contributed by atoms with van der Waals surface area (Å²) in [5.74, 6) is 1.14. The predicted molar refractivity (Wildman–Crippen MR) is 81.3 cm³/mol. The van der Waals surface area contributed by atoms with Gasteiger partial charge in [-0.15, -0.1) is 11.3 Å². The van der Waals surface area contributed by atoms with Crippen LogP contribution in [0.25, 0.3) is 10.2 Å². The molecule has 2 heterocycles. The van der Waals surface area contributed by atoms with Gasteiger partial charge in [-0.1, -0.05) is 0 Å². The van der Waals surface area contributed by atoms with Crippen LogP contribution in [0.5, 0.6) is 0 Å². The van der Waals surface area contributed by atoms with Gasteiger partial charge in [-0.25, -0.2) is 4.98 Å². The summed E-state index contributed by atoms with van der Waals surface area (Å²) in [6.45, 7) is 5.46. The Kier molecular flexibility index (Phi) is 5.11. The first kappa shape index (κ1) is 14.5. The smallest absolute Gasteiger partial charge is 0.307 e. The highest BCUT2D eigenvalue weighted by Gasteiger charge is 2.09. The zero-order valence-corrected chi connectivity index (χ0v) is 12.4. The molecule has 2 N–H and O–H groups in total. The van der Waals surface area contributed by atoms with Gasteiger partial charge in [0.15, 0.2) is 0 Å². The van der Waals surface area contributed by atoms with Crippen molar-refractivity contribution in [3.8, 4) is 0 Å². The first-order valence-corrected chi connectivity index (χ1v) is 7.51. The highest BCUT2D eigenvalue weighted by molar-refractivity contribution is 7.16. The maximum absolute atomic E-state index is 11.3. The Hall–Kier alpha value is -1.89. The van der Waals surface area contributed by atoms with Crippen LogP contribution in [0.4, 0.5) is 11.8 Å². The van der Waals surface area contributed by atoms with E-state index in [0.29, 0.717) is 25.5 Å². The SMILES string of the molecule is CCNc1nc(NCCC(=O)OCC)c2ccsc2n1. The predicted octanol–water partition coefficient (Wildman–Crippen LogP) is 2.49. The standard InChI is InChI=1S/C13H18N4O2S/c1-3-14-13-16-11(9-6-8-20-12(9)17-13)15-7-5-10(18)19-4-2/h6,8H,3-5,7H2,1-2H3,(H2,14,15,16,17). The Balaban J connectivity index is 2.07. The maximum atomic E-state index is 11.3. The van der Waals surface area contributed by atoms with E-state index in [-0.39, 0.29) is 5.97 Å². The molecule has 0 atom stereocenters. The zero-order chi connectivity index (χ0) is 14.4. The summed E-state index contributed by atoms with van der Waals surface area (Å²) in [6.07, 6.45) is 0.319. The first-order chi connectivity index (χ1) is 9.74. The third kappa shape index (κ3) is 3.57. The van der Waals surface area contributed by atoms with E-state index in [1.165, 1.54) is 0 Å². The van der Waals surface area contributed by atoms with Gasteiger partial charge in [0.1, 0.15) is 10.6 Å². The molecular weight excluding hydrogens is 276 g/mol. The number of thiophene rings is 1. The minimum absolute atomic E-state index is 0.206. The number of nitrogens with zero attached hydrogens (tertiary/aromatic N) is 2. The summed E-state index contributed by atoms with van der Waals surface area (Å²) in [6, 6.07) is 1.97. The maximum Gasteiger partial charge on any atom is 0.307 e. The van der Waals surface area contributed by atoms with Crippen molar-refractivity contribution >= 4 is 39.3 Å². The molecule has 0 aliphatic carbocycles. The molecule has 20 heavy (non-hydrogen) atoms. The average Bonchev–Trinajstić information content (AvgIpc) is 2.88. The lowest BCUT2D eigenvalue weighted by Crippen LogP contribution is -2.13. The third-order valence-corrected chi connectivity index (χ3v) is 3.39. The van der Waals surface area contributed by atoms with Gasteiger partial charge in [0.05, 0.1) is 18.4 Å². The molecule has 0 fully saturated rings. The quantitative estimate of drug-likeness (QED) is 0.764. The summed E-state index contributed by atoms with van der Waals surface area (Å²) >= 11 is 1.57. The minimum atomic E-state index is -0.206. The first-order valence-electron chi connectivity index (χ1n) is 6.63. The summed E-state index contributed by atoms with van der Waals surface area (Å²) in [7, 11) is 0. The Labute approximate surface area is 121 Å². The zero-order valence-electron chi connectivity index (χ0n) is 11.6. The summed E-state index contributed by atoms with van der Waals surface area (Å²) < 4.78 is 4.89. The molecule has 108 valence electrons. The second kappa shape index (κ2) is 7.04. The number of anilines is 2. The molecule has 2 aromatic rings. The lowest BCUT2D eigenvalue weighted by Gasteiger charge is -2.09. The van der Waals surface area contributed by atoms with Crippen LogP contribution in [0.15, 0.2) is 11.4 Å². The van der Waals surface area contributed by atoms with Crippen LogP contribution in [0.3, 0.4) is 0 Å². The second-order valence-electron chi connectivity index (χ2n) is 4.05. The fourth-order valence-electron chi connectivity index (χ4n) is 1.74. The van der Waals surface area contributed by atoms with E-state index >= 15 is 0 Å². The monoisotopic (exact) mass is 294 g/mol. The van der Waals surface area contributed by atoms with Crippen LogP contribution >= 0.6 is 11.3 Å². The van der Waals surface area contributed by atoms with E-state index in [4.69, 9.17) is 4.74 Å². The largest absolute Gasteiger partial charge is 0.466 e.